The summed E-state index contributed by atoms with van der Waals surface area (Å²) in [5.41, 5.74) is 0.821. The van der Waals surface area contributed by atoms with Crippen molar-refractivity contribution in [2.45, 2.75) is 6.92 Å². The van der Waals surface area contributed by atoms with E-state index in [1.807, 2.05) is 31.2 Å². The third-order valence-corrected chi connectivity index (χ3v) is 4.38. The Morgan fingerprint density at radius 1 is 1.42 bits per heavy atom. The van der Waals surface area contributed by atoms with Gasteiger partial charge in [0, 0.05) is 24.8 Å². The predicted octanol–water partition coefficient (Wildman–Crippen LogP) is 2.22. The number of hydrogen-bond donors (Lipinski definition) is 0. The number of likely N-dealkylation sites (N-methyl/N-ethyl adjacent to an activating group) is 1. The van der Waals surface area contributed by atoms with Gasteiger partial charge < -0.3 is 9.64 Å². The Labute approximate surface area is 142 Å². The van der Waals surface area contributed by atoms with Gasteiger partial charge in [-0.3, -0.25) is 14.0 Å². The molecule has 0 saturated heterocycles. The van der Waals surface area contributed by atoms with Gasteiger partial charge in [0.2, 0.25) is 0 Å². The summed E-state index contributed by atoms with van der Waals surface area (Å²) < 4.78 is 7.02. The predicted molar refractivity (Wildman–Crippen MR) is 93.0 cm³/mol. The van der Waals surface area contributed by atoms with E-state index in [0.29, 0.717) is 18.1 Å². The minimum atomic E-state index is -0.360. The molecule has 0 aliphatic rings. The molecule has 6 nitrogen and oxygen atoms in total. The zero-order valence-corrected chi connectivity index (χ0v) is 14.2. The van der Waals surface area contributed by atoms with Crippen molar-refractivity contribution in [2.75, 3.05) is 20.2 Å². The number of thiazole rings is 1. The smallest absolute Gasteiger partial charge is 0.271 e. The molecule has 0 unspecified atom stereocenters. The quantitative estimate of drug-likeness (QED) is 0.712. The van der Waals surface area contributed by atoms with Crippen LogP contribution >= 0.6 is 11.3 Å². The lowest BCUT2D eigenvalue weighted by Crippen LogP contribution is -2.35. The molecule has 0 spiro atoms. The molecule has 1 aromatic carbocycles. The van der Waals surface area contributed by atoms with Crippen molar-refractivity contribution < 1.29 is 9.53 Å². The first-order chi connectivity index (χ1) is 11.6. The minimum Gasteiger partial charge on any atom is -0.492 e. The number of nitrogens with zero attached hydrogens (tertiary/aromatic N) is 3. The number of rotatable bonds is 5. The fraction of sp³-hybridized carbons (Fsp3) is 0.235. The lowest BCUT2D eigenvalue weighted by atomic mass is 10.2. The second-order valence-electron chi connectivity index (χ2n) is 5.42. The van der Waals surface area contributed by atoms with Crippen LogP contribution in [0.2, 0.25) is 0 Å². The molecule has 24 heavy (non-hydrogen) atoms. The second-order valence-corrected chi connectivity index (χ2v) is 6.30. The number of aryl methyl sites for hydroxylation is 1. The van der Waals surface area contributed by atoms with Crippen molar-refractivity contribution >= 4 is 22.2 Å². The highest BCUT2D eigenvalue weighted by Gasteiger charge is 2.17. The summed E-state index contributed by atoms with van der Waals surface area (Å²) in [6.07, 6.45) is 2.96. The van der Waals surface area contributed by atoms with Gasteiger partial charge in [-0.1, -0.05) is 12.1 Å². The van der Waals surface area contributed by atoms with Crippen LogP contribution in [-0.2, 0) is 0 Å². The Bertz CT molecular complexity index is 932. The first kappa shape index (κ1) is 16.2. The molecule has 0 bridgehead atoms. The summed E-state index contributed by atoms with van der Waals surface area (Å²) in [5.74, 6) is 0.401. The Morgan fingerprint density at radius 3 is 3.04 bits per heavy atom. The Balaban J connectivity index is 1.65. The van der Waals surface area contributed by atoms with E-state index in [-0.39, 0.29) is 17.0 Å². The molecule has 3 aromatic rings. The first-order valence-electron chi connectivity index (χ1n) is 7.46. The molecule has 2 aromatic heterocycles. The van der Waals surface area contributed by atoms with Gasteiger partial charge in [-0.25, -0.2) is 4.98 Å². The van der Waals surface area contributed by atoms with E-state index in [0.717, 1.165) is 11.3 Å². The van der Waals surface area contributed by atoms with Crippen LogP contribution in [0.25, 0.3) is 4.96 Å². The molecule has 0 aliphatic carbocycles. The summed E-state index contributed by atoms with van der Waals surface area (Å²) in [6.45, 7) is 2.71. The molecule has 124 valence electrons. The number of ether oxygens (including phenoxy) is 1. The first-order valence-corrected chi connectivity index (χ1v) is 8.34. The van der Waals surface area contributed by atoms with Gasteiger partial charge >= 0.3 is 0 Å². The maximum Gasteiger partial charge on any atom is 0.271 e. The average molecular weight is 343 g/mol. The van der Waals surface area contributed by atoms with E-state index in [2.05, 4.69) is 4.98 Å². The molecule has 0 atom stereocenters. The highest BCUT2D eigenvalue weighted by Crippen LogP contribution is 2.12. The van der Waals surface area contributed by atoms with Crippen LogP contribution in [0, 0.1) is 6.92 Å². The van der Waals surface area contributed by atoms with Crippen molar-refractivity contribution in [3.63, 3.8) is 0 Å². The maximum absolute atomic E-state index is 12.4. The highest BCUT2D eigenvalue weighted by molar-refractivity contribution is 7.15. The molecule has 3 rings (SSSR count). The summed E-state index contributed by atoms with van der Waals surface area (Å²) >= 11 is 1.35. The molecule has 1 amide bonds. The Hall–Kier alpha value is -2.67. The van der Waals surface area contributed by atoms with Gasteiger partial charge in [-0.2, -0.15) is 0 Å². The van der Waals surface area contributed by atoms with Gasteiger partial charge in [0.05, 0.1) is 6.54 Å². The van der Waals surface area contributed by atoms with E-state index in [1.165, 1.54) is 26.8 Å². The fourth-order valence-electron chi connectivity index (χ4n) is 2.28. The van der Waals surface area contributed by atoms with E-state index in [1.54, 1.807) is 18.6 Å². The topological polar surface area (TPSA) is 63.9 Å². The molecule has 0 fully saturated rings. The van der Waals surface area contributed by atoms with Crippen molar-refractivity contribution in [3.8, 4) is 5.75 Å². The molecular weight excluding hydrogens is 326 g/mol. The van der Waals surface area contributed by atoms with Crippen LogP contribution in [0.4, 0.5) is 0 Å². The normalized spacial score (nSPS) is 10.8. The highest BCUT2D eigenvalue weighted by atomic mass is 32.1. The Kier molecular flexibility index (Phi) is 4.61. The Morgan fingerprint density at radius 2 is 2.25 bits per heavy atom. The molecule has 7 heteroatoms. The number of carbonyl (C=O) groups excluding carboxylic acids is 1. The second kappa shape index (κ2) is 6.84. The minimum absolute atomic E-state index is 0.0592. The zero-order chi connectivity index (χ0) is 17.1. The van der Waals surface area contributed by atoms with Crippen LogP contribution in [0.15, 0.2) is 46.8 Å². The summed E-state index contributed by atoms with van der Waals surface area (Å²) in [7, 11) is 1.64. The fourth-order valence-corrected chi connectivity index (χ4v) is 2.96. The zero-order valence-electron chi connectivity index (χ0n) is 13.4. The standard InChI is InChI=1S/C17H17N3O3S/c1-12-4-3-5-13(10-12)23-8-6-19(2)15(21)14-11-18-17-20(16(14)22)7-9-24-17/h3-5,7,9-11H,6,8H2,1-2H3. The van der Waals surface area contributed by atoms with Crippen LogP contribution in [0.5, 0.6) is 5.75 Å². The maximum atomic E-state index is 12.4. The number of aromatic nitrogens is 2. The summed E-state index contributed by atoms with van der Waals surface area (Å²) in [4.78, 5) is 30.9. The van der Waals surface area contributed by atoms with Crippen molar-refractivity contribution in [3.05, 3.63) is 63.5 Å². The molecular formula is C17H17N3O3S. The molecule has 0 aliphatic heterocycles. The van der Waals surface area contributed by atoms with E-state index in [9.17, 15) is 9.59 Å². The van der Waals surface area contributed by atoms with Crippen LogP contribution < -0.4 is 10.3 Å². The third-order valence-electron chi connectivity index (χ3n) is 3.60. The number of fused-ring (bicyclic) bond motifs is 1. The van der Waals surface area contributed by atoms with E-state index >= 15 is 0 Å². The van der Waals surface area contributed by atoms with Crippen LogP contribution in [0.1, 0.15) is 15.9 Å². The van der Waals surface area contributed by atoms with Crippen LogP contribution in [0.3, 0.4) is 0 Å². The van der Waals surface area contributed by atoms with Gasteiger partial charge in [0.15, 0.2) is 4.96 Å². The molecule has 0 saturated carbocycles. The van der Waals surface area contributed by atoms with Crippen molar-refractivity contribution in [2.24, 2.45) is 0 Å². The molecule has 0 radical (unpaired) electrons. The number of carbonyl (C=O) groups is 1. The lowest BCUT2D eigenvalue weighted by Gasteiger charge is -2.17. The van der Waals surface area contributed by atoms with Crippen LogP contribution in [-0.4, -0.2) is 40.4 Å². The molecule has 0 N–H and O–H groups in total. The van der Waals surface area contributed by atoms with Gasteiger partial charge in [-0.05, 0) is 24.6 Å². The average Bonchev–Trinajstić information content (AvgIpc) is 3.04. The lowest BCUT2D eigenvalue weighted by molar-refractivity contribution is 0.0771. The third kappa shape index (κ3) is 3.30. The van der Waals surface area contributed by atoms with Gasteiger partial charge in [0.25, 0.3) is 11.5 Å². The van der Waals surface area contributed by atoms with Gasteiger partial charge in [0.1, 0.15) is 17.9 Å². The SMILES string of the molecule is Cc1cccc(OCCN(C)C(=O)c2cnc3sccn3c2=O)c1. The molecule has 2 heterocycles. The van der Waals surface area contributed by atoms with Crippen molar-refractivity contribution in [1.82, 2.24) is 14.3 Å². The number of amides is 1. The summed E-state index contributed by atoms with van der Waals surface area (Å²) in [6, 6.07) is 7.71. The monoisotopic (exact) mass is 343 g/mol. The number of hydrogen-bond acceptors (Lipinski definition) is 5. The van der Waals surface area contributed by atoms with E-state index in [4.69, 9.17) is 4.74 Å². The van der Waals surface area contributed by atoms with Gasteiger partial charge in [-0.15, -0.1) is 11.3 Å². The largest absolute Gasteiger partial charge is 0.492 e. The van der Waals surface area contributed by atoms with Crippen molar-refractivity contribution in [1.29, 1.82) is 0 Å². The summed E-state index contributed by atoms with van der Waals surface area (Å²) in [5, 5.41) is 1.76. The number of benzene rings is 1. The van der Waals surface area contributed by atoms with E-state index < -0.39 is 0 Å².